The summed E-state index contributed by atoms with van der Waals surface area (Å²) in [6, 6.07) is 0. The van der Waals surface area contributed by atoms with Crippen LogP contribution in [0, 0.1) is 0 Å². The Hall–Kier alpha value is -1.09. The predicted octanol–water partition coefficient (Wildman–Crippen LogP) is 0.233. The van der Waals surface area contributed by atoms with Crippen molar-refractivity contribution in [2.45, 2.75) is 6.29 Å². The lowest BCUT2D eigenvalue weighted by atomic mass is 10.5. The zero-order valence-corrected chi connectivity index (χ0v) is 5.75. The van der Waals surface area contributed by atoms with Crippen LogP contribution in [0.2, 0.25) is 0 Å². The Bertz CT molecular complexity index is 160. The van der Waals surface area contributed by atoms with E-state index < -0.39 is 0 Å². The monoisotopic (exact) mass is 137 g/mol. The van der Waals surface area contributed by atoms with Gasteiger partial charge in [-0.25, -0.2) is 0 Å². The SMILES string of the molecule is C=CCNC1N=CC=CN1. The maximum Gasteiger partial charge on any atom is 0.173 e. The number of rotatable bonds is 3. The first-order valence-corrected chi connectivity index (χ1v) is 3.22. The first-order chi connectivity index (χ1) is 4.93. The number of hydrogen-bond donors (Lipinski definition) is 2. The van der Waals surface area contributed by atoms with Crippen molar-refractivity contribution in [1.29, 1.82) is 0 Å². The lowest BCUT2D eigenvalue weighted by Crippen LogP contribution is -2.39. The molecule has 0 fully saturated rings. The number of allylic oxidation sites excluding steroid dienone is 1. The minimum atomic E-state index is 0.0167. The molecule has 0 saturated heterocycles. The Morgan fingerprint density at radius 1 is 1.80 bits per heavy atom. The van der Waals surface area contributed by atoms with Crippen molar-refractivity contribution in [3.8, 4) is 0 Å². The van der Waals surface area contributed by atoms with Crippen LogP contribution in [0.1, 0.15) is 0 Å². The molecule has 3 heteroatoms. The number of nitrogens with one attached hydrogen (secondary N) is 2. The van der Waals surface area contributed by atoms with Gasteiger partial charge in [0.15, 0.2) is 6.29 Å². The van der Waals surface area contributed by atoms with Gasteiger partial charge in [-0.05, 0) is 6.08 Å². The first-order valence-electron chi connectivity index (χ1n) is 3.22. The molecular formula is C7H11N3. The van der Waals surface area contributed by atoms with E-state index in [2.05, 4.69) is 22.2 Å². The largest absolute Gasteiger partial charge is 0.358 e. The third kappa shape index (κ3) is 2.03. The summed E-state index contributed by atoms with van der Waals surface area (Å²) in [4.78, 5) is 4.09. The maximum atomic E-state index is 4.09. The van der Waals surface area contributed by atoms with Crippen LogP contribution >= 0.6 is 0 Å². The Morgan fingerprint density at radius 3 is 3.30 bits per heavy atom. The Kier molecular flexibility index (Phi) is 2.70. The smallest absolute Gasteiger partial charge is 0.173 e. The van der Waals surface area contributed by atoms with Crippen molar-refractivity contribution in [1.82, 2.24) is 10.6 Å². The second-order valence-corrected chi connectivity index (χ2v) is 1.92. The molecule has 0 amide bonds. The highest BCUT2D eigenvalue weighted by atomic mass is 15.2. The van der Waals surface area contributed by atoms with Crippen LogP contribution in [0.4, 0.5) is 0 Å². The van der Waals surface area contributed by atoms with E-state index in [0.717, 1.165) is 6.54 Å². The Labute approximate surface area is 60.5 Å². The van der Waals surface area contributed by atoms with Crippen LogP contribution in [-0.4, -0.2) is 19.0 Å². The van der Waals surface area contributed by atoms with Crippen LogP contribution in [0.5, 0.6) is 0 Å². The summed E-state index contributed by atoms with van der Waals surface area (Å²) < 4.78 is 0. The normalized spacial score (nSPS) is 22.2. The van der Waals surface area contributed by atoms with Gasteiger partial charge in [-0.1, -0.05) is 6.08 Å². The van der Waals surface area contributed by atoms with Gasteiger partial charge in [0.1, 0.15) is 0 Å². The number of aliphatic imine (C=N–C) groups is 1. The van der Waals surface area contributed by atoms with E-state index in [9.17, 15) is 0 Å². The topological polar surface area (TPSA) is 36.4 Å². The molecule has 0 aromatic rings. The van der Waals surface area contributed by atoms with Crippen LogP contribution < -0.4 is 10.6 Å². The number of hydrogen-bond acceptors (Lipinski definition) is 3. The van der Waals surface area contributed by atoms with Gasteiger partial charge in [-0.3, -0.25) is 10.3 Å². The fraction of sp³-hybridized carbons (Fsp3) is 0.286. The molecule has 1 atom stereocenters. The first kappa shape index (κ1) is 7.02. The molecule has 0 radical (unpaired) electrons. The van der Waals surface area contributed by atoms with Crippen LogP contribution in [0.25, 0.3) is 0 Å². The van der Waals surface area contributed by atoms with E-state index in [1.54, 1.807) is 12.3 Å². The molecule has 3 nitrogen and oxygen atoms in total. The Balaban J connectivity index is 2.23. The van der Waals surface area contributed by atoms with Crippen molar-refractivity contribution in [2.75, 3.05) is 6.54 Å². The molecule has 1 unspecified atom stereocenters. The van der Waals surface area contributed by atoms with Crippen molar-refractivity contribution in [3.05, 3.63) is 24.9 Å². The lowest BCUT2D eigenvalue weighted by molar-refractivity contribution is 0.513. The van der Waals surface area contributed by atoms with Crippen molar-refractivity contribution < 1.29 is 0 Å². The third-order valence-electron chi connectivity index (χ3n) is 1.13. The molecular weight excluding hydrogens is 126 g/mol. The van der Waals surface area contributed by atoms with Crippen LogP contribution in [-0.2, 0) is 0 Å². The fourth-order valence-corrected chi connectivity index (χ4v) is 0.675. The highest BCUT2D eigenvalue weighted by molar-refractivity contribution is 5.71. The summed E-state index contributed by atoms with van der Waals surface area (Å²) in [5.41, 5.74) is 0. The summed E-state index contributed by atoms with van der Waals surface area (Å²) in [6.07, 6.45) is 7.29. The van der Waals surface area contributed by atoms with E-state index in [0.29, 0.717) is 0 Å². The molecule has 10 heavy (non-hydrogen) atoms. The summed E-state index contributed by atoms with van der Waals surface area (Å²) in [7, 11) is 0. The number of nitrogens with zero attached hydrogens (tertiary/aromatic N) is 1. The quantitative estimate of drug-likeness (QED) is 0.546. The third-order valence-corrected chi connectivity index (χ3v) is 1.13. The fourth-order valence-electron chi connectivity index (χ4n) is 0.675. The highest BCUT2D eigenvalue weighted by Crippen LogP contribution is 1.84. The molecule has 2 N–H and O–H groups in total. The molecule has 0 aromatic heterocycles. The minimum absolute atomic E-state index is 0.0167. The van der Waals surface area contributed by atoms with Gasteiger partial charge in [0, 0.05) is 19.0 Å². The van der Waals surface area contributed by atoms with E-state index in [1.807, 2.05) is 12.3 Å². The summed E-state index contributed by atoms with van der Waals surface area (Å²) in [5.74, 6) is 0. The van der Waals surface area contributed by atoms with Gasteiger partial charge < -0.3 is 5.32 Å². The molecule has 0 bridgehead atoms. The van der Waals surface area contributed by atoms with Gasteiger partial charge in [0.25, 0.3) is 0 Å². The second kappa shape index (κ2) is 3.85. The summed E-state index contributed by atoms with van der Waals surface area (Å²) in [5, 5.41) is 6.11. The Morgan fingerprint density at radius 2 is 2.70 bits per heavy atom. The average molecular weight is 137 g/mol. The van der Waals surface area contributed by atoms with Gasteiger partial charge in [-0.15, -0.1) is 6.58 Å². The molecule has 1 aliphatic heterocycles. The van der Waals surface area contributed by atoms with Crippen LogP contribution in [0.15, 0.2) is 29.9 Å². The molecule has 0 spiro atoms. The van der Waals surface area contributed by atoms with Gasteiger partial charge in [0.05, 0.1) is 0 Å². The van der Waals surface area contributed by atoms with Gasteiger partial charge >= 0.3 is 0 Å². The van der Waals surface area contributed by atoms with Gasteiger partial charge in [0.2, 0.25) is 0 Å². The maximum absolute atomic E-state index is 4.09. The zero-order valence-electron chi connectivity index (χ0n) is 5.75. The van der Waals surface area contributed by atoms with E-state index >= 15 is 0 Å². The predicted molar refractivity (Wildman–Crippen MR) is 42.8 cm³/mol. The molecule has 0 saturated carbocycles. The molecule has 54 valence electrons. The summed E-state index contributed by atoms with van der Waals surface area (Å²) in [6.45, 7) is 4.35. The summed E-state index contributed by atoms with van der Waals surface area (Å²) >= 11 is 0. The van der Waals surface area contributed by atoms with E-state index in [1.165, 1.54) is 0 Å². The molecule has 0 aliphatic carbocycles. The van der Waals surface area contributed by atoms with Crippen LogP contribution in [0.3, 0.4) is 0 Å². The van der Waals surface area contributed by atoms with Crippen molar-refractivity contribution in [2.24, 2.45) is 4.99 Å². The lowest BCUT2D eigenvalue weighted by Gasteiger charge is -2.14. The molecule has 1 rings (SSSR count). The second-order valence-electron chi connectivity index (χ2n) is 1.92. The van der Waals surface area contributed by atoms with Crippen molar-refractivity contribution in [3.63, 3.8) is 0 Å². The molecule has 0 aromatic carbocycles. The highest BCUT2D eigenvalue weighted by Gasteiger charge is 1.99. The molecule has 1 aliphatic rings. The standard InChI is InChI=1S/C7H11N3/c1-2-4-8-7-9-5-3-6-10-7/h2-3,5-9H,1,4H2. The van der Waals surface area contributed by atoms with Crippen molar-refractivity contribution >= 4 is 6.21 Å². The van der Waals surface area contributed by atoms with E-state index in [-0.39, 0.29) is 6.29 Å². The average Bonchev–Trinajstić information content (AvgIpc) is 2.03. The van der Waals surface area contributed by atoms with Gasteiger partial charge in [-0.2, -0.15) is 0 Å². The minimum Gasteiger partial charge on any atom is -0.358 e. The van der Waals surface area contributed by atoms with E-state index in [4.69, 9.17) is 0 Å². The molecule has 1 heterocycles. The zero-order chi connectivity index (χ0) is 7.23.